The molecule has 0 N–H and O–H groups in total. The molecule has 2 aromatic rings. The van der Waals surface area contributed by atoms with Crippen LogP contribution in [0.25, 0.3) is 0 Å². The zero-order valence-corrected chi connectivity index (χ0v) is 11.0. The summed E-state index contributed by atoms with van der Waals surface area (Å²) in [5.74, 6) is 1.42. The zero-order valence-electron chi connectivity index (χ0n) is 9.50. The molecule has 88 valence electrons. The lowest BCUT2D eigenvalue weighted by atomic mass is 10.2. The highest BCUT2D eigenvalue weighted by atomic mass is 35.5. The Hall–Kier alpha value is -1.25. The van der Waals surface area contributed by atoms with Gasteiger partial charge in [0, 0.05) is 22.8 Å². The molecule has 2 nitrogen and oxygen atoms in total. The van der Waals surface area contributed by atoms with Crippen LogP contribution in [-0.4, -0.2) is 4.98 Å². The smallest absolute Gasteiger partial charge is 0.134 e. The number of hydrogen-bond donors (Lipinski definition) is 0. The van der Waals surface area contributed by atoms with E-state index in [-0.39, 0.29) is 0 Å². The van der Waals surface area contributed by atoms with Crippen molar-refractivity contribution in [2.45, 2.75) is 13.8 Å². The number of nitrogens with zero attached hydrogens (tertiary/aromatic N) is 1. The molecule has 2 rings (SSSR count). The Labute approximate surface area is 110 Å². The van der Waals surface area contributed by atoms with E-state index in [1.807, 2.05) is 26.0 Å². The van der Waals surface area contributed by atoms with Crippen LogP contribution in [0, 0.1) is 13.8 Å². The molecule has 0 radical (unpaired) electrons. The maximum Gasteiger partial charge on any atom is 0.134 e. The van der Waals surface area contributed by atoms with Gasteiger partial charge < -0.3 is 4.74 Å². The first-order chi connectivity index (χ1) is 8.06. The van der Waals surface area contributed by atoms with Crippen molar-refractivity contribution in [3.8, 4) is 11.5 Å². The van der Waals surface area contributed by atoms with E-state index >= 15 is 0 Å². The number of aromatic nitrogens is 1. The maximum absolute atomic E-state index is 5.94. The van der Waals surface area contributed by atoms with Gasteiger partial charge in [0.1, 0.15) is 16.7 Å². The molecule has 0 aliphatic carbocycles. The Kier molecular flexibility index (Phi) is 3.55. The van der Waals surface area contributed by atoms with Crippen molar-refractivity contribution in [2.24, 2.45) is 0 Å². The molecule has 0 atom stereocenters. The van der Waals surface area contributed by atoms with Gasteiger partial charge in [-0.3, -0.25) is 0 Å². The van der Waals surface area contributed by atoms with Crippen molar-refractivity contribution in [2.75, 3.05) is 0 Å². The fourth-order valence-electron chi connectivity index (χ4n) is 1.39. The van der Waals surface area contributed by atoms with E-state index in [0.717, 1.165) is 16.9 Å². The van der Waals surface area contributed by atoms with Crippen LogP contribution in [0.4, 0.5) is 0 Å². The van der Waals surface area contributed by atoms with Gasteiger partial charge >= 0.3 is 0 Å². The third-order valence-corrected chi connectivity index (χ3v) is 2.83. The predicted octanol–water partition coefficient (Wildman–Crippen LogP) is 4.80. The van der Waals surface area contributed by atoms with Crippen LogP contribution in [-0.2, 0) is 0 Å². The molecule has 0 amide bonds. The van der Waals surface area contributed by atoms with E-state index in [9.17, 15) is 0 Å². The Bertz CT molecular complexity index is 506. The second-order valence-electron chi connectivity index (χ2n) is 3.78. The summed E-state index contributed by atoms with van der Waals surface area (Å²) in [6, 6.07) is 7.22. The van der Waals surface area contributed by atoms with Gasteiger partial charge in [-0.05, 0) is 31.5 Å². The number of ether oxygens (including phenoxy) is 1. The standard InChI is InChI=1S/C13H11Cl2NO/c1-8-3-4-10(14)5-11(8)17-12-6-13(15)16-7-9(12)2/h3-7H,1-2H3. The highest BCUT2D eigenvalue weighted by Crippen LogP contribution is 2.30. The Morgan fingerprint density at radius 1 is 1.00 bits per heavy atom. The first-order valence-electron chi connectivity index (χ1n) is 5.12. The molecular formula is C13H11Cl2NO. The van der Waals surface area contributed by atoms with Crippen molar-refractivity contribution in [1.82, 2.24) is 4.98 Å². The summed E-state index contributed by atoms with van der Waals surface area (Å²) < 4.78 is 5.79. The zero-order chi connectivity index (χ0) is 12.4. The van der Waals surface area contributed by atoms with Crippen LogP contribution in [0.3, 0.4) is 0 Å². The van der Waals surface area contributed by atoms with Gasteiger partial charge in [-0.15, -0.1) is 0 Å². The van der Waals surface area contributed by atoms with E-state index in [1.165, 1.54) is 0 Å². The summed E-state index contributed by atoms with van der Waals surface area (Å²) in [7, 11) is 0. The average molecular weight is 268 g/mol. The highest BCUT2D eigenvalue weighted by molar-refractivity contribution is 6.30. The van der Waals surface area contributed by atoms with E-state index in [2.05, 4.69) is 4.98 Å². The summed E-state index contributed by atoms with van der Waals surface area (Å²) in [5.41, 5.74) is 1.94. The molecule has 0 spiro atoms. The number of halogens is 2. The largest absolute Gasteiger partial charge is 0.457 e. The number of benzene rings is 1. The molecule has 1 heterocycles. The Morgan fingerprint density at radius 2 is 1.71 bits per heavy atom. The van der Waals surface area contributed by atoms with Crippen LogP contribution in [0.15, 0.2) is 30.5 Å². The van der Waals surface area contributed by atoms with Crippen LogP contribution >= 0.6 is 23.2 Å². The average Bonchev–Trinajstić information content (AvgIpc) is 2.28. The molecule has 0 bridgehead atoms. The lowest BCUT2D eigenvalue weighted by Crippen LogP contribution is -1.91. The van der Waals surface area contributed by atoms with E-state index in [4.69, 9.17) is 27.9 Å². The molecule has 0 saturated carbocycles. The van der Waals surface area contributed by atoms with Crippen LogP contribution in [0.1, 0.15) is 11.1 Å². The van der Waals surface area contributed by atoms with Crippen molar-refractivity contribution >= 4 is 23.2 Å². The highest BCUT2D eigenvalue weighted by Gasteiger charge is 2.06. The molecular weight excluding hydrogens is 257 g/mol. The molecule has 0 aliphatic heterocycles. The summed E-state index contributed by atoms with van der Waals surface area (Å²) in [6.07, 6.45) is 1.68. The number of pyridine rings is 1. The maximum atomic E-state index is 5.94. The quantitative estimate of drug-likeness (QED) is 0.730. The van der Waals surface area contributed by atoms with Gasteiger partial charge in [0.15, 0.2) is 0 Å². The summed E-state index contributed by atoms with van der Waals surface area (Å²) >= 11 is 11.8. The molecule has 1 aromatic heterocycles. The lowest BCUT2D eigenvalue weighted by molar-refractivity contribution is 0.474. The monoisotopic (exact) mass is 267 g/mol. The second-order valence-corrected chi connectivity index (χ2v) is 4.61. The molecule has 0 saturated heterocycles. The van der Waals surface area contributed by atoms with Gasteiger partial charge in [-0.1, -0.05) is 29.3 Å². The van der Waals surface area contributed by atoms with Gasteiger partial charge in [0.05, 0.1) is 0 Å². The summed E-state index contributed by atoms with van der Waals surface area (Å²) in [6.45, 7) is 3.88. The van der Waals surface area contributed by atoms with Crippen molar-refractivity contribution < 1.29 is 4.74 Å². The minimum absolute atomic E-state index is 0.408. The first kappa shape index (κ1) is 12.2. The third-order valence-electron chi connectivity index (χ3n) is 2.39. The molecule has 17 heavy (non-hydrogen) atoms. The Balaban J connectivity index is 2.37. The number of aryl methyl sites for hydroxylation is 2. The van der Waals surface area contributed by atoms with Crippen molar-refractivity contribution in [3.63, 3.8) is 0 Å². The Morgan fingerprint density at radius 3 is 2.47 bits per heavy atom. The second kappa shape index (κ2) is 4.94. The van der Waals surface area contributed by atoms with E-state index < -0.39 is 0 Å². The van der Waals surface area contributed by atoms with Crippen molar-refractivity contribution in [3.05, 3.63) is 51.8 Å². The van der Waals surface area contributed by atoms with Gasteiger partial charge in [-0.2, -0.15) is 0 Å². The van der Waals surface area contributed by atoms with Gasteiger partial charge in [0.2, 0.25) is 0 Å². The summed E-state index contributed by atoms with van der Waals surface area (Å²) in [4.78, 5) is 3.98. The van der Waals surface area contributed by atoms with Gasteiger partial charge in [-0.25, -0.2) is 4.98 Å². The molecule has 0 fully saturated rings. The minimum atomic E-state index is 0.408. The number of hydrogen-bond acceptors (Lipinski definition) is 2. The lowest BCUT2D eigenvalue weighted by Gasteiger charge is -2.11. The minimum Gasteiger partial charge on any atom is -0.457 e. The predicted molar refractivity (Wildman–Crippen MR) is 70.2 cm³/mol. The van der Waals surface area contributed by atoms with Crippen LogP contribution < -0.4 is 4.74 Å². The summed E-state index contributed by atoms with van der Waals surface area (Å²) in [5, 5.41) is 1.05. The molecule has 0 unspecified atom stereocenters. The normalized spacial score (nSPS) is 10.4. The molecule has 1 aromatic carbocycles. The first-order valence-corrected chi connectivity index (χ1v) is 5.88. The van der Waals surface area contributed by atoms with Crippen LogP contribution in [0.2, 0.25) is 10.2 Å². The third kappa shape index (κ3) is 2.90. The topological polar surface area (TPSA) is 22.1 Å². The van der Waals surface area contributed by atoms with Crippen LogP contribution in [0.5, 0.6) is 11.5 Å². The molecule has 4 heteroatoms. The molecule has 0 aliphatic rings. The van der Waals surface area contributed by atoms with E-state index in [0.29, 0.717) is 15.9 Å². The fraction of sp³-hybridized carbons (Fsp3) is 0.154. The van der Waals surface area contributed by atoms with E-state index in [1.54, 1.807) is 18.3 Å². The SMILES string of the molecule is Cc1ccc(Cl)cc1Oc1cc(Cl)ncc1C. The van der Waals surface area contributed by atoms with Gasteiger partial charge in [0.25, 0.3) is 0 Å². The van der Waals surface area contributed by atoms with Crippen molar-refractivity contribution in [1.29, 1.82) is 0 Å². The fourth-order valence-corrected chi connectivity index (χ4v) is 1.70. The number of rotatable bonds is 2.